The van der Waals surface area contributed by atoms with Crippen LogP contribution >= 0.6 is 0 Å². The lowest BCUT2D eigenvalue weighted by atomic mass is 9.90. The van der Waals surface area contributed by atoms with Crippen molar-refractivity contribution < 1.29 is 13.9 Å². The Labute approximate surface area is 144 Å². The Balaban J connectivity index is 1.75. The van der Waals surface area contributed by atoms with Crippen LogP contribution in [0, 0.1) is 5.82 Å². The summed E-state index contributed by atoms with van der Waals surface area (Å²) in [7, 11) is 1.41. The summed E-state index contributed by atoms with van der Waals surface area (Å²) in [5.74, 6) is -0.0378. The van der Waals surface area contributed by atoms with Gasteiger partial charge < -0.3 is 9.64 Å². The number of aromatic amines is 2. The molecule has 1 fully saturated rings. The number of methoxy groups -OCH3 is 1. The second kappa shape index (κ2) is 6.79. The number of nitrogens with one attached hydrogen (secondary N) is 2. The lowest BCUT2D eigenvalue weighted by Crippen LogP contribution is -2.49. The van der Waals surface area contributed by atoms with Gasteiger partial charge in [-0.15, -0.1) is 0 Å². The molecule has 1 aliphatic rings. The van der Waals surface area contributed by atoms with E-state index in [1.807, 2.05) is 0 Å². The summed E-state index contributed by atoms with van der Waals surface area (Å²) in [6.07, 6.45) is 1.34. The topological polar surface area (TPSA) is 91.1 Å². The molecule has 2 aromatic rings. The molecule has 0 bridgehead atoms. The van der Waals surface area contributed by atoms with Crippen LogP contribution in [-0.2, 0) is 15.1 Å². The van der Waals surface area contributed by atoms with Crippen LogP contribution in [0.3, 0.4) is 0 Å². The number of hydrogen-bond acceptors (Lipinski definition) is 4. The molecular formula is C17H21FN4O3. The van der Waals surface area contributed by atoms with Gasteiger partial charge in [0, 0.05) is 31.7 Å². The minimum atomic E-state index is -1.38. The molecule has 2 N–H and O–H groups in total. The van der Waals surface area contributed by atoms with Crippen LogP contribution in [0.5, 0.6) is 0 Å². The normalized spacial score (nSPS) is 18.1. The molecule has 1 unspecified atom stereocenters. The molecule has 134 valence electrons. The van der Waals surface area contributed by atoms with Gasteiger partial charge in [0.15, 0.2) is 5.60 Å². The molecule has 2 heterocycles. The summed E-state index contributed by atoms with van der Waals surface area (Å²) >= 11 is 0. The Kier molecular flexibility index (Phi) is 4.71. The first kappa shape index (κ1) is 17.3. The highest BCUT2D eigenvalue weighted by atomic mass is 19.1. The van der Waals surface area contributed by atoms with Gasteiger partial charge in [0.25, 0.3) is 5.91 Å². The lowest BCUT2D eigenvalue weighted by molar-refractivity contribution is -0.155. The van der Waals surface area contributed by atoms with E-state index < -0.39 is 11.4 Å². The van der Waals surface area contributed by atoms with Crippen LogP contribution in [-0.4, -0.2) is 46.2 Å². The molecule has 1 saturated heterocycles. The van der Waals surface area contributed by atoms with Crippen molar-refractivity contribution in [1.82, 2.24) is 20.1 Å². The highest BCUT2D eigenvalue weighted by Gasteiger charge is 2.41. The predicted molar refractivity (Wildman–Crippen MR) is 88.5 cm³/mol. The molecule has 3 rings (SSSR count). The highest BCUT2D eigenvalue weighted by Crippen LogP contribution is 2.32. The lowest BCUT2D eigenvalue weighted by Gasteiger charge is -2.37. The van der Waals surface area contributed by atoms with E-state index in [9.17, 15) is 14.0 Å². The van der Waals surface area contributed by atoms with Gasteiger partial charge in [-0.25, -0.2) is 14.3 Å². The minimum absolute atomic E-state index is 0.0882. The Morgan fingerprint density at radius 3 is 2.60 bits per heavy atom. The number of amides is 1. The Morgan fingerprint density at radius 2 is 2.04 bits per heavy atom. The van der Waals surface area contributed by atoms with Gasteiger partial charge in [-0.1, -0.05) is 18.2 Å². The first-order valence-corrected chi connectivity index (χ1v) is 8.20. The third-order valence-corrected chi connectivity index (χ3v) is 4.89. The van der Waals surface area contributed by atoms with Crippen molar-refractivity contribution in [3.63, 3.8) is 0 Å². The maximum absolute atomic E-state index is 14.2. The van der Waals surface area contributed by atoms with Crippen molar-refractivity contribution in [2.75, 3.05) is 20.2 Å². The number of aromatic nitrogens is 3. The first-order valence-electron chi connectivity index (χ1n) is 8.20. The number of carbonyl (C=O) groups excluding carboxylic acids is 1. The summed E-state index contributed by atoms with van der Waals surface area (Å²) in [6, 6.07) is 6.15. The number of likely N-dealkylation sites (tertiary alicyclic amines) is 1. The van der Waals surface area contributed by atoms with Crippen molar-refractivity contribution in [2.45, 2.75) is 31.3 Å². The average Bonchev–Trinajstić information content (AvgIpc) is 3.07. The monoisotopic (exact) mass is 348 g/mol. The largest absolute Gasteiger partial charge is 0.364 e. The van der Waals surface area contributed by atoms with E-state index in [0.29, 0.717) is 31.8 Å². The minimum Gasteiger partial charge on any atom is -0.364 e. The van der Waals surface area contributed by atoms with Gasteiger partial charge in [-0.2, -0.15) is 5.10 Å². The molecule has 7 nitrogen and oxygen atoms in total. The molecule has 0 aliphatic carbocycles. The fourth-order valence-electron chi connectivity index (χ4n) is 3.29. The molecule has 1 amide bonds. The van der Waals surface area contributed by atoms with E-state index in [4.69, 9.17) is 4.74 Å². The number of hydrogen-bond donors (Lipinski definition) is 2. The molecule has 0 radical (unpaired) electrons. The van der Waals surface area contributed by atoms with Crippen LogP contribution in [0.25, 0.3) is 0 Å². The quantitative estimate of drug-likeness (QED) is 0.876. The number of benzene rings is 1. The number of piperidine rings is 1. The molecule has 8 heteroatoms. The number of ether oxygens (including phenoxy) is 1. The fourth-order valence-corrected chi connectivity index (χ4v) is 3.29. The summed E-state index contributed by atoms with van der Waals surface area (Å²) in [6.45, 7) is 2.57. The number of nitrogens with zero attached hydrogens (tertiary/aromatic N) is 2. The van der Waals surface area contributed by atoms with Gasteiger partial charge in [-0.3, -0.25) is 9.78 Å². The van der Waals surface area contributed by atoms with Gasteiger partial charge >= 0.3 is 5.69 Å². The van der Waals surface area contributed by atoms with E-state index in [0.717, 1.165) is 0 Å². The second-order valence-electron chi connectivity index (χ2n) is 6.35. The predicted octanol–water partition coefficient (Wildman–Crippen LogP) is 1.50. The van der Waals surface area contributed by atoms with Gasteiger partial charge in [0.2, 0.25) is 0 Å². The zero-order valence-corrected chi connectivity index (χ0v) is 14.2. The third kappa shape index (κ3) is 3.21. The highest BCUT2D eigenvalue weighted by molar-refractivity contribution is 5.86. The van der Waals surface area contributed by atoms with E-state index in [1.54, 1.807) is 30.0 Å². The van der Waals surface area contributed by atoms with Crippen LogP contribution in [0.2, 0.25) is 0 Å². The second-order valence-corrected chi connectivity index (χ2v) is 6.35. The van der Waals surface area contributed by atoms with Gasteiger partial charge in [0.05, 0.1) is 0 Å². The summed E-state index contributed by atoms with van der Waals surface area (Å²) in [5.41, 5.74) is -1.49. The number of carbonyl (C=O) groups is 1. The number of rotatable bonds is 4. The van der Waals surface area contributed by atoms with E-state index in [-0.39, 0.29) is 23.1 Å². The maximum Gasteiger partial charge on any atom is 0.340 e. The van der Waals surface area contributed by atoms with E-state index in [1.165, 1.54) is 13.2 Å². The molecule has 1 aromatic carbocycles. The SMILES string of the molecule is COC(C)(C(=O)N1CCC(c2n[nH]c(=O)[nH]2)CC1)c1ccccc1F. The van der Waals surface area contributed by atoms with Crippen molar-refractivity contribution >= 4 is 5.91 Å². The van der Waals surface area contributed by atoms with Gasteiger partial charge in [0.1, 0.15) is 11.6 Å². The summed E-state index contributed by atoms with van der Waals surface area (Å²) in [5, 5.41) is 6.32. The molecule has 25 heavy (non-hydrogen) atoms. The molecule has 0 saturated carbocycles. The number of H-pyrrole nitrogens is 2. The van der Waals surface area contributed by atoms with Crippen LogP contribution in [0.4, 0.5) is 4.39 Å². The molecule has 1 aromatic heterocycles. The Hall–Kier alpha value is -2.48. The molecule has 1 atom stereocenters. The van der Waals surface area contributed by atoms with Crippen molar-refractivity contribution in [1.29, 1.82) is 0 Å². The van der Waals surface area contributed by atoms with Crippen LogP contribution in [0.15, 0.2) is 29.1 Å². The number of halogens is 1. The Morgan fingerprint density at radius 1 is 1.36 bits per heavy atom. The van der Waals surface area contributed by atoms with E-state index in [2.05, 4.69) is 15.2 Å². The van der Waals surface area contributed by atoms with E-state index >= 15 is 0 Å². The van der Waals surface area contributed by atoms with Gasteiger partial charge in [-0.05, 0) is 25.8 Å². The molecule has 0 spiro atoms. The fraction of sp³-hybridized carbons (Fsp3) is 0.471. The third-order valence-electron chi connectivity index (χ3n) is 4.89. The Bertz CT molecular complexity index is 810. The van der Waals surface area contributed by atoms with Crippen molar-refractivity contribution in [3.05, 3.63) is 52.0 Å². The molecular weight excluding hydrogens is 327 g/mol. The smallest absolute Gasteiger partial charge is 0.340 e. The summed E-state index contributed by atoms with van der Waals surface area (Å²) < 4.78 is 19.6. The van der Waals surface area contributed by atoms with Crippen molar-refractivity contribution in [3.8, 4) is 0 Å². The van der Waals surface area contributed by atoms with Crippen LogP contribution < -0.4 is 5.69 Å². The van der Waals surface area contributed by atoms with Crippen LogP contribution in [0.1, 0.15) is 37.1 Å². The maximum atomic E-state index is 14.2. The standard InChI is InChI=1S/C17H21FN4O3/c1-17(25-2,12-5-3-4-6-13(12)18)15(23)22-9-7-11(8-10-22)14-19-16(24)21-20-14/h3-6,11H,7-10H2,1-2H3,(H2,19,20,21,24). The zero-order valence-electron chi connectivity index (χ0n) is 14.2. The van der Waals surface area contributed by atoms with Crippen molar-refractivity contribution in [2.24, 2.45) is 0 Å². The molecule has 1 aliphatic heterocycles. The first-order chi connectivity index (χ1) is 12.0. The zero-order chi connectivity index (χ0) is 18.0. The average molecular weight is 348 g/mol. The summed E-state index contributed by atoms with van der Waals surface area (Å²) in [4.78, 5) is 28.5.